The SMILES string of the molecule is Cc1c(O)cc2c(c1C)N(c1ccc(Cl)cc1)C(=O)C1(CCC1)C2. The zero-order valence-corrected chi connectivity index (χ0v) is 14.7. The van der Waals surface area contributed by atoms with Crippen LogP contribution in [0.3, 0.4) is 0 Å². The number of aromatic hydroxyl groups is 1. The van der Waals surface area contributed by atoms with Crippen LogP contribution in [0.2, 0.25) is 5.02 Å². The minimum absolute atomic E-state index is 0.178. The summed E-state index contributed by atoms with van der Waals surface area (Å²) in [4.78, 5) is 15.2. The van der Waals surface area contributed by atoms with Crippen LogP contribution in [-0.2, 0) is 11.2 Å². The molecule has 0 aromatic heterocycles. The lowest BCUT2D eigenvalue weighted by Crippen LogP contribution is -2.51. The number of carbonyl (C=O) groups is 1. The van der Waals surface area contributed by atoms with Crippen molar-refractivity contribution >= 4 is 28.9 Å². The second-order valence-electron chi connectivity index (χ2n) is 7.08. The molecule has 0 atom stereocenters. The van der Waals surface area contributed by atoms with Gasteiger partial charge < -0.3 is 5.11 Å². The van der Waals surface area contributed by atoms with Gasteiger partial charge in [-0.25, -0.2) is 0 Å². The van der Waals surface area contributed by atoms with Crippen LogP contribution < -0.4 is 4.90 Å². The van der Waals surface area contributed by atoms with E-state index in [1.54, 1.807) is 0 Å². The number of halogens is 1. The highest BCUT2D eigenvalue weighted by Gasteiger charge is 2.51. The van der Waals surface area contributed by atoms with Crippen molar-refractivity contribution in [2.24, 2.45) is 5.41 Å². The zero-order valence-electron chi connectivity index (χ0n) is 13.9. The van der Waals surface area contributed by atoms with E-state index in [0.717, 1.165) is 53.7 Å². The second kappa shape index (κ2) is 5.25. The number of fused-ring (bicyclic) bond motifs is 1. The molecule has 2 aliphatic rings. The van der Waals surface area contributed by atoms with Gasteiger partial charge >= 0.3 is 0 Å². The topological polar surface area (TPSA) is 40.5 Å². The maximum absolute atomic E-state index is 13.4. The Kier molecular flexibility index (Phi) is 3.40. The van der Waals surface area contributed by atoms with Crippen molar-refractivity contribution in [3.8, 4) is 5.75 Å². The molecule has 1 aliphatic carbocycles. The fourth-order valence-electron chi connectivity index (χ4n) is 4.01. The Hall–Kier alpha value is -2.00. The summed E-state index contributed by atoms with van der Waals surface area (Å²) >= 11 is 6.02. The molecule has 1 amide bonds. The highest BCUT2D eigenvalue weighted by Crippen LogP contribution is 2.53. The van der Waals surface area contributed by atoms with Crippen LogP contribution >= 0.6 is 11.6 Å². The summed E-state index contributed by atoms with van der Waals surface area (Å²) in [6.45, 7) is 3.87. The number of phenols is 1. The largest absolute Gasteiger partial charge is 0.508 e. The van der Waals surface area contributed by atoms with Gasteiger partial charge in [0, 0.05) is 10.7 Å². The maximum atomic E-state index is 13.4. The van der Waals surface area contributed by atoms with Gasteiger partial charge in [-0.05, 0) is 80.1 Å². The van der Waals surface area contributed by atoms with Crippen LogP contribution in [0.15, 0.2) is 30.3 Å². The number of hydrogen-bond donors (Lipinski definition) is 1. The molecule has 0 saturated heterocycles. The Morgan fingerprint density at radius 1 is 1.12 bits per heavy atom. The van der Waals surface area contributed by atoms with E-state index in [9.17, 15) is 9.90 Å². The lowest BCUT2D eigenvalue weighted by atomic mass is 9.62. The Balaban J connectivity index is 1.96. The quantitative estimate of drug-likeness (QED) is 0.788. The van der Waals surface area contributed by atoms with Crippen LogP contribution in [0.25, 0.3) is 0 Å². The van der Waals surface area contributed by atoms with E-state index in [2.05, 4.69) is 0 Å². The van der Waals surface area contributed by atoms with Crippen molar-refractivity contribution in [3.63, 3.8) is 0 Å². The highest BCUT2D eigenvalue weighted by molar-refractivity contribution is 6.30. The average molecular weight is 342 g/mol. The van der Waals surface area contributed by atoms with Crippen LogP contribution in [0.1, 0.15) is 36.0 Å². The third-order valence-corrected chi connectivity index (χ3v) is 5.97. The standard InChI is InChI=1S/C20H20ClNO2/c1-12-13(2)18-14(10-17(12)23)11-20(8-3-9-20)19(24)22(18)16-6-4-15(21)5-7-16/h4-7,10,23H,3,8-9,11H2,1-2H3. The minimum atomic E-state index is -0.305. The van der Waals surface area contributed by atoms with Crippen molar-refractivity contribution < 1.29 is 9.90 Å². The number of nitrogens with zero attached hydrogens (tertiary/aromatic N) is 1. The Bertz CT molecular complexity index is 838. The molecule has 1 heterocycles. The van der Waals surface area contributed by atoms with Gasteiger partial charge in [0.25, 0.3) is 0 Å². The second-order valence-corrected chi connectivity index (χ2v) is 7.52. The van der Waals surface area contributed by atoms with Crippen molar-refractivity contribution in [1.29, 1.82) is 0 Å². The van der Waals surface area contributed by atoms with Crippen molar-refractivity contribution in [2.75, 3.05) is 4.90 Å². The van der Waals surface area contributed by atoms with E-state index in [1.165, 1.54) is 0 Å². The van der Waals surface area contributed by atoms with Gasteiger partial charge in [-0.15, -0.1) is 0 Å². The number of hydrogen-bond acceptors (Lipinski definition) is 2. The number of benzene rings is 2. The molecular weight excluding hydrogens is 322 g/mol. The first-order chi connectivity index (χ1) is 11.4. The van der Waals surface area contributed by atoms with Gasteiger partial charge in [-0.3, -0.25) is 9.69 Å². The molecule has 1 N–H and O–H groups in total. The van der Waals surface area contributed by atoms with Crippen molar-refractivity contribution in [1.82, 2.24) is 0 Å². The Labute approximate surface area is 146 Å². The monoisotopic (exact) mass is 341 g/mol. The fraction of sp³-hybridized carbons (Fsp3) is 0.350. The zero-order chi connectivity index (χ0) is 17.1. The predicted molar refractivity (Wildman–Crippen MR) is 96.2 cm³/mol. The number of amides is 1. The number of rotatable bonds is 1. The van der Waals surface area contributed by atoms with Crippen molar-refractivity contribution in [2.45, 2.75) is 39.5 Å². The summed E-state index contributed by atoms with van der Waals surface area (Å²) in [6, 6.07) is 9.25. The third kappa shape index (κ3) is 2.07. The van der Waals surface area contributed by atoms with E-state index in [0.29, 0.717) is 10.8 Å². The van der Waals surface area contributed by atoms with Gasteiger partial charge in [0.15, 0.2) is 0 Å². The average Bonchev–Trinajstić information content (AvgIpc) is 2.52. The lowest BCUT2D eigenvalue weighted by molar-refractivity contribution is -0.132. The summed E-state index contributed by atoms with van der Waals surface area (Å²) in [5.74, 6) is 0.489. The molecule has 1 aliphatic heterocycles. The van der Waals surface area contributed by atoms with Crippen molar-refractivity contribution in [3.05, 3.63) is 52.0 Å². The van der Waals surface area contributed by atoms with Crippen LogP contribution in [0, 0.1) is 19.3 Å². The molecule has 1 saturated carbocycles. The minimum Gasteiger partial charge on any atom is -0.508 e. The summed E-state index contributed by atoms with van der Waals surface area (Å²) < 4.78 is 0. The number of phenolic OH excluding ortho intramolecular Hbond substituents is 1. The van der Waals surface area contributed by atoms with Gasteiger partial charge in [0.1, 0.15) is 5.75 Å². The first-order valence-electron chi connectivity index (χ1n) is 8.35. The predicted octanol–water partition coefficient (Wildman–Crippen LogP) is 5.05. The fourth-order valence-corrected chi connectivity index (χ4v) is 4.13. The molecule has 0 radical (unpaired) electrons. The smallest absolute Gasteiger partial charge is 0.238 e. The Morgan fingerprint density at radius 2 is 1.79 bits per heavy atom. The molecule has 1 fully saturated rings. The molecule has 0 bridgehead atoms. The van der Waals surface area contributed by atoms with Crippen LogP contribution in [0.5, 0.6) is 5.75 Å². The van der Waals surface area contributed by atoms with E-state index in [1.807, 2.05) is 49.1 Å². The van der Waals surface area contributed by atoms with E-state index in [4.69, 9.17) is 11.6 Å². The summed E-state index contributed by atoms with van der Waals surface area (Å²) in [5.41, 5.74) is 4.30. The molecular formula is C20H20ClNO2. The molecule has 124 valence electrons. The molecule has 24 heavy (non-hydrogen) atoms. The van der Waals surface area contributed by atoms with Gasteiger partial charge in [-0.1, -0.05) is 18.0 Å². The summed E-state index contributed by atoms with van der Waals surface area (Å²) in [7, 11) is 0. The first-order valence-corrected chi connectivity index (χ1v) is 8.73. The maximum Gasteiger partial charge on any atom is 0.238 e. The van der Waals surface area contributed by atoms with Gasteiger partial charge in [0.05, 0.1) is 11.1 Å². The molecule has 2 aromatic rings. The van der Waals surface area contributed by atoms with E-state index < -0.39 is 0 Å². The first kappa shape index (κ1) is 15.5. The summed E-state index contributed by atoms with van der Waals surface area (Å²) in [6.07, 6.45) is 3.65. The Morgan fingerprint density at radius 3 is 2.38 bits per heavy atom. The van der Waals surface area contributed by atoms with Gasteiger partial charge in [0.2, 0.25) is 5.91 Å². The van der Waals surface area contributed by atoms with E-state index >= 15 is 0 Å². The lowest BCUT2D eigenvalue weighted by Gasteiger charge is -2.48. The third-order valence-electron chi connectivity index (χ3n) is 5.72. The number of anilines is 2. The number of carbonyl (C=O) groups excluding carboxylic acids is 1. The molecule has 4 rings (SSSR count). The molecule has 1 spiro atoms. The van der Waals surface area contributed by atoms with Gasteiger partial charge in [-0.2, -0.15) is 0 Å². The van der Waals surface area contributed by atoms with E-state index in [-0.39, 0.29) is 11.3 Å². The molecule has 2 aromatic carbocycles. The highest BCUT2D eigenvalue weighted by atomic mass is 35.5. The molecule has 4 heteroatoms. The summed E-state index contributed by atoms with van der Waals surface area (Å²) in [5, 5.41) is 10.9. The molecule has 0 unspecified atom stereocenters. The normalized spacial score (nSPS) is 18.5. The van der Waals surface area contributed by atoms with Crippen LogP contribution in [-0.4, -0.2) is 11.0 Å². The molecule has 3 nitrogen and oxygen atoms in total. The van der Waals surface area contributed by atoms with Crippen LogP contribution in [0.4, 0.5) is 11.4 Å².